The van der Waals surface area contributed by atoms with E-state index in [9.17, 15) is 4.79 Å². The zero-order valence-corrected chi connectivity index (χ0v) is 10.2. The van der Waals surface area contributed by atoms with Crippen LogP contribution in [0.15, 0.2) is 0 Å². The van der Waals surface area contributed by atoms with Crippen LogP contribution in [0.1, 0.15) is 39.0 Å². The summed E-state index contributed by atoms with van der Waals surface area (Å²) < 4.78 is 5.17. The highest BCUT2D eigenvalue weighted by Gasteiger charge is 2.38. The van der Waals surface area contributed by atoms with Crippen molar-refractivity contribution in [3.05, 3.63) is 0 Å². The molecule has 2 atom stereocenters. The third-order valence-corrected chi connectivity index (χ3v) is 4.11. The minimum Gasteiger partial charge on any atom is -0.466 e. The number of hydrogen-bond acceptors (Lipinski definition) is 3. The Morgan fingerprint density at radius 1 is 1.25 bits per heavy atom. The minimum absolute atomic E-state index is 0.0167. The Morgan fingerprint density at radius 2 is 2.00 bits per heavy atom. The van der Waals surface area contributed by atoms with Crippen LogP contribution >= 0.6 is 0 Å². The maximum absolute atomic E-state index is 11.8. The van der Waals surface area contributed by atoms with E-state index in [4.69, 9.17) is 4.74 Å². The van der Waals surface area contributed by atoms with Gasteiger partial charge in [-0.25, -0.2) is 0 Å². The van der Waals surface area contributed by atoms with Gasteiger partial charge in [0.2, 0.25) is 0 Å². The van der Waals surface area contributed by atoms with Crippen molar-refractivity contribution < 1.29 is 9.53 Å². The Hall–Kier alpha value is -0.570. The third-order valence-electron chi connectivity index (χ3n) is 4.11. The molecule has 0 aromatic carbocycles. The number of carbonyl (C=O) groups excluding carboxylic acids is 1. The average molecular weight is 225 g/mol. The number of nitrogens with one attached hydrogen (secondary N) is 1. The molecule has 0 aromatic heterocycles. The second kappa shape index (κ2) is 5.67. The van der Waals surface area contributed by atoms with E-state index >= 15 is 0 Å². The lowest BCUT2D eigenvalue weighted by Crippen LogP contribution is -2.31. The summed E-state index contributed by atoms with van der Waals surface area (Å²) in [7, 11) is 0. The topological polar surface area (TPSA) is 38.3 Å². The van der Waals surface area contributed by atoms with E-state index in [1.165, 1.54) is 32.1 Å². The second-order valence-electron chi connectivity index (χ2n) is 5.08. The monoisotopic (exact) mass is 225 g/mol. The fourth-order valence-corrected chi connectivity index (χ4v) is 3.26. The van der Waals surface area contributed by atoms with Gasteiger partial charge in [-0.05, 0) is 25.3 Å². The highest BCUT2D eigenvalue weighted by molar-refractivity contribution is 5.73. The number of carbonyl (C=O) groups is 1. The SMILES string of the molecule is CCOC(=O)C1CNCC1C1CCCCC1. The van der Waals surface area contributed by atoms with E-state index in [-0.39, 0.29) is 11.9 Å². The van der Waals surface area contributed by atoms with Crippen molar-refractivity contribution in [2.75, 3.05) is 19.7 Å². The predicted molar refractivity (Wildman–Crippen MR) is 63.1 cm³/mol. The average Bonchev–Trinajstić information content (AvgIpc) is 2.79. The zero-order chi connectivity index (χ0) is 11.4. The normalized spacial score (nSPS) is 31.6. The summed E-state index contributed by atoms with van der Waals surface area (Å²) in [5.41, 5.74) is 0. The van der Waals surface area contributed by atoms with Crippen LogP contribution in [0.25, 0.3) is 0 Å². The molecule has 1 aliphatic carbocycles. The quantitative estimate of drug-likeness (QED) is 0.746. The summed E-state index contributed by atoms with van der Waals surface area (Å²) in [6.45, 7) is 4.22. The molecular weight excluding hydrogens is 202 g/mol. The summed E-state index contributed by atoms with van der Waals surface area (Å²) >= 11 is 0. The van der Waals surface area contributed by atoms with Crippen LogP contribution in [0.5, 0.6) is 0 Å². The molecule has 2 fully saturated rings. The first-order valence-corrected chi connectivity index (χ1v) is 6.70. The summed E-state index contributed by atoms with van der Waals surface area (Å²) in [4.78, 5) is 11.8. The first-order chi connectivity index (χ1) is 7.83. The molecular formula is C13H23NO2. The van der Waals surface area contributed by atoms with Gasteiger partial charge in [-0.2, -0.15) is 0 Å². The molecule has 2 aliphatic rings. The Labute approximate surface area is 97.9 Å². The first-order valence-electron chi connectivity index (χ1n) is 6.70. The van der Waals surface area contributed by atoms with Gasteiger partial charge in [-0.1, -0.05) is 32.1 Å². The minimum atomic E-state index is 0.0167. The first kappa shape index (κ1) is 11.9. The molecule has 1 saturated carbocycles. The third kappa shape index (κ3) is 2.57. The number of esters is 1. The largest absolute Gasteiger partial charge is 0.466 e. The molecule has 3 nitrogen and oxygen atoms in total. The van der Waals surface area contributed by atoms with Crippen LogP contribution in [-0.4, -0.2) is 25.7 Å². The van der Waals surface area contributed by atoms with Gasteiger partial charge >= 0.3 is 5.97 Å². The Balaban J connectivity index is 1.93. The molecule has 16 heavy (non-hydrogen) atoms. The standard InChI is InChI=1S/C13H23NO2/c1-2-16-13(15)12-9-14-8-11(12)10-6-4-3-5-7-10/h10-12,14H,2-9H2,1H3. The fraction of sp³-hybridized carbons (Fsp3) is 0.923. The smallest absolute Gasteiger partial charge is 0.310 e. The second-order valence-corrected chi connectivity index (χ2v) is 5.08. The summed E-state index contributed by atoms with van der Waals surface area (Å²) in [6.07, 6.45) is 6.68. The van der Waals surface area contributed by atoms with Crippen LogP contribution in [0.2, 0.25) is 0 Å². The van der Waals surface area contributed by atoms with Crippen molar-refractivity contribution in [1.29, 1.82) is 0 Å². The maximum atomic E-state index is 11.8. The Bertz CT molecular complexity index is 236. The highest BCUT2D eigenvalue weighted by Crippen LogP contribution is 2.36. The van der Waals surface area contributed by atoms with Gasteiger partial charge in [-0.15, -0.1) is 0 Å². The number of ether oxygens (including phenoxy) is 1. The van der Waals surface area contributed by atoms with Crippen LogP contribution in [0.3, 0.4) is 0 Å². The van der Waals surface area contributed by atoms with E-state index in [2.05, 4.69) is 5.32 Å². The molecule has 0 aromatic rings. The van der Waals surface area contributed by atoms with E-state index in [1.807, 2.05) is 6.92 Å². The van der Waals surface area contributed by atoms with Gasteiger partial charge in [0.25, 0.3) is 0 Å². The van der Waals surface area contributed by atoms with Crippen molar-refractivity contribution >= 4 is 5.97 Å². The molecule has 0 amide bonds. The van der Waals surface area contributed by atoms with Crippen LogP contribution in [0.4, 0.5) is 0 Å². The lowest BCUT2D eigenvalue weighted by molar-refractivity contribution is -0.149. The van der Waals surface area contributed by atoms with Gasteiger partial charge in [0.05, 0.1) is 12.5 Å². The maximum Gasteiger partial charge on any atom is 0.310 e. The molecule has 2 rings (SSSR count). The van der Waals surface area contributed by atoms with Crippen LogP contribution in [0, 0.1) is 17.8 Å². The van der Waals surface area contributed by atoms with Crippen molar-refractivity contribution in [2.45, 2.75) is 39.0 Å². The molecule has 2 unspecified atom stereocenters. The molecule has 92 valence electrons. The van der Waals surface area contributed by atoms with Gasteiger partial charge in [-0.3, -0.25) is 4.79 Å². The Morgan fingerprint density at radius 3 is 2.69 bits per heavy atom. The van der Waals surface area contributed by atoms with Gasteiger partial charge in [0.1, 0.15) is 0 Å². The summed E-state index contributed by atoms with van der Waals surface area (Å²) in [5, 5.41) is 3.36. The number of hydrogen-bond donors (Lipinski definition) is 1. The molecule has 1 N–H and O–H groups in total. The zero-order valence-electron chi connectivity index (χ0n) is 10.2. The van der Waals surface area contributed by atoms with E-state index in [1.54, 1.807) is 0 Å². The molecule has 3 heteroatoms. The van der Waals surface area contributed by atoms with E-state index < -0.39 is 0 Å². The number of rotatable bonds is 3. The highest BCUT2D eigenvalue weighted by atomic mass is 16.5. The van der Waals surface area contributed by atoms with Crippen molar-refractivity contribution in [3.63, 3.8) is 0 Å². The molecule has 0 spiro atoms. The van der Waals surface area contributed by atoms with E-state index in [0.717, 1.165) is 19.0 Å². The van der Waals surface area contributed by atoms with Crippen molar-refractivity contribution in [1.82, 2.24) is 5.32 Å². The van der Waals surface area contributed by atoms with Crippen molar-refractivity contribution in [2.24, 2.45) is 17.8 Å². The summed E-state index contributed by atoms with van der Waals surface area (Å²) in [6, 6.07) is 0. The molecule has 1 aliphatic heterocycles. The lowest BCUT2D eigenvalue weighted by atomic mass is 9.75. The van der Waals surface area contributed by atoms with Gasteiger partial charge in [0.15, 0.2) is 0 Å². The lowest BCUT2D eigenvalue weighted by Gasteiger charge is -2.29. The van der Waals surface area contributed by atoms with Crippen LogP contribution in [-0.2, 0) is 9.53 Å². The predicted octanol–water partition coefficient (Wildman–Crippen LogP) is 1.97. The van der Waals surface area contributed by atoms with Crippen molar-refractivity contribution in [3.8, 4) is 0 Å². The van der Waals surface area contributed by atoms with Gasteiger partial charge in [0, 0.05) is 6.54 Å². The van der Waals surface area contributed by atoms with Gasteiger partial charge < -0.3 is 10.1 Å². The molecule has 0 radical (unpaired) electrons. The Kier molecular flexibility index (Phi) is 4.22. The summed E-state index contributed by atoms with van der Waals surface area (Å²) in [5.74, 6) is 1.41. The van der Waals surface area contributed by atoms with E-state index in [0.29, 0.717) is 12.5 Å². The van der Waals surface area contributed by atoms with Crippen LogP contribution < -0.4 is 5.32 Å². The molecule has 1 heterocycles. The fourth-order valence-electron chi connectivity index (χ4n) is 3.26. The molecule has 1 saturated heterocycles. The molecule has 0 bridgehead atoms.